The number of aromatic hydroxyl groups is 1. The fourth-order valence-corrected chi connectivity index (χ4v) is 5.46. The van der Waals surface area contributed by atoms with Crippen molar-refractivity contribution in [1.29, 1.82) is 0 Å². The maximum Gasteiger partial charge on any atom is 0.305 e. The number of fused-ring (bicyclic) bond motifs is 1. The van der Waals surface area contributed by atoms with Crippen LogP contribution in [-0.4, -0.2) is 112 Å². The van der Waals surface area contributed by atoms with Gasteiger partial charge in [-0.1, -0.05) is 26.0 Å². The number of nitrogens with one attached hydrogen (secondary N) is 5. The van der Waals surface area contributed by atoms with E-state index in [-0.39, 0.29) is 37.6 Å². The predicted molar refractivity (Wildman–Crippen MR) is 161 cm³/mol. The van der Waals surface area contributed by atoms with Crippen molar-refractivity contribution in [3.05, 3.63) is 29.8 Å². The molecule has 6 atom stereocenters. The van der Waals surface area contributed by atoms with Gasteiger partial charge >= 0.3 is 5.97 Å². The van der Waals surface area contributed by atoms with Gasteiger partial charge in [-0.2, -0.15) is 0 Å². The van der Waals surface area contributed by atoms with Gasteiger partial charge in [0, 0.05) is 19.5 Å². The summed E-state index contributed by atoms with van der Waals surface area (Å²) in [6, 6.07) is 0.129. The van der Waals surface area contributed by atoms with Gasteiger partial charge in [-0.15, -0.1) is 0 Å². The first-order valence-electron chi connectivity index (χ1n) is 15.2. The largest absolute Gasteiger partial charge is 0.508 e. The molecule has 2 heterocycles. The molecule has 15 nitrogen and oxygen atoms in total. The van der Waals surface area contributed by atoms with E-state index in [1.165, 1.54) is 19.1 Å². The van der Waals surface area contributed by atoms with E-state index < -0.39 is 78.2 Å². The summed E-state index contributed by atoms with van der Waals surface area (Å²) in [7, 11) is 0. The number of aliphatic carboxylic acids is 1. The van der Waals surface area contributed by atoms with Crippen molar-refractivity contribution in [2.75, 3.05) is 19.6 Å². The molecule has 2 aliphatic heterocycles. The highest BCUT2D eigenvalue weighted by Gasteiger charge is 2.36. The first-order chi connectivity index (χ1) is 21.2. The van der Waals surface area contributed by atoms with Crippen LogP contribution in [0, 0.1) is 5.92 Å². The Labute approximate surface area is 261 Å². The van der Waals surface area contributed by atoms with Crippen molar-refractivity contribution >= 4 is 35.5 Å². The molecule has 2 aliphatic rings. The first-order valence-corrected chi connectivity index (χ1v) is 15.2. The van der Waals surface area contributed by atoms with Gasteiger partial charge in [0.2, 0.25) is 29.5 Å². The zero-order valence-corrected chi connectivity index (χ0v) is 25.7. The van der Waals surface area contributed by atoms with Crippen molar-refractivity contribution in [2.45, 2.75) is 89.2 Å². The molecule has 0 radical (unpaired) electrons. The molecule has 15 heteroatoms. The maximum atomic E-state index is 13.7. The molecular weight excluding hydrogens is 588 g/mol. The van der Waals surface area contributed by atoms with E-state index >= 15 is 0 Å². The van der Waals surface area contributed by atoms with E-state index in [1.807, 2.05) is 18.7 Å². The summed E-state index contributed by atoms with van der Waals surface area (Å²) in [6.45, 7) is 5.81. The number of amides is 5. The number of nitrogens with zero attached hydrogens (tertiary/aromatic N) is 1. The van der Waals surface area contributed by atoms with Crippen LogP contribution in [-0.2, 0) is 35.2 Å². The third kappa shape index (κ3) is 10.4. The van der Waals surface area contributed by atoms with E-state index in [1.54, 1.807) is 12.1 Å². The Morgan fingerprint density at radius 3 is 2.07 bits per heavy atom. The number of aliphatic hydroxyl groups is 1. The molecule has 0 saturated carbocycles. The van der Waals surface area contributed by atoms with Crippen LogP contribution in [0.5, 0.6) is 5.75 Å². The Balaban J connectivity index is 1.98. The molecular formula is C30H44N6O9. The van der Waals surface area contributed by atoms with Gasteiger partial charge < -0.3 is 41.9 Å². The molecule has 8 N–H and O–H groups in total. The third-order valence-electron chi connectivity index (χ3n) is 7.79. The molecule has 0 bridgehead atoms. The van der Waals surface area contributed by atoms with Crippen molar-refractivity contribution in [2.24, 2.45) is 5.92 Å². The van der Waals surface area contributed by atoms with Gasteiger partial charge in [-0.05, 0) is 56.3 Å². The van der Waals surface area contributed by atoms with Crippen molar-refractivity contribution in [3.63, 3.8) is 0 Å². The fraction of sp³-hybridized carbons (Fsp3) is 0.600. The molecule has 3 rings (SSSR count). The van der Waals surface area contributed by atoms with Crippen LogP contribution in [0.25, 0.3) is 0 Å². The molecule has 2 saturated heterocycles. The average molecular weight is 633 g/mol. The minimum atomic E-state index is -1.63. The van der Waals surface area contributed by atoms with Crippen LogP contribution in [0.3, 0.4) is 0 Å². The lowest BCUT2D eigenvalue weighted by molar-refractivity contribution is -0.141. The normalized spacial score (nSPS) is 26.8. The number of carbonyl (C=O) groups is 6. The van der Waals surface area contributed by atoms with Crippen molar-refractivity contribution in [1.82, 2.24) is 31.5 Å². The third-order valence-corrected chi connectivity index (χ3v) is 7.79. The average Bonchev–Trinajstić information content (AvgIpc) is 3.43. The van der Waals surface area contributed by atoms with Gasteiger partial charge in [0.1, 0.15) is 29.9 Å². The van der Waals surface area contributed by atoms with E-state index in [4.69, 9.17) is 0 Å². The molecule has 248 valence electrons. The summed E-state index contributed by atoms with van der Waals surface area (Å²) in [5, 5.41) is 42.2. The molecule has 0 spiro atoms. The minimum absolute atomic E-state index is 0.0269. The Kier molecular flexibility index (Phi) is 12.7. The van der Waals surface area contributed by atoms with Crippen LogP contribution in [0.2, 0.25) is 0 Å². The quantitative estimate of drug-likeness (QED) is 0.171. The first kappa shape index (κ1) is 35.2. The van der Waals surface area contributed by atoms with Crippen LogP contribution >= 0.6 is 0 Å². The number of carboxylic acid groups (broad SMARTS) is 1. The lowest BCUT2D eigenvalue weighted by Gasteiger charge is -2.29. The summed E-state index contributed by atoms with van der Waals surface area (Å²) >= 11 is 0. The van der Waals surface area contributed by atoms with Crippen molar-refractivity contribution in [3.8, 4) is 5.75 Å². The number of benzene rings is 1. The highest BCUT2D eigenvalue weighted by molar-refractivity contribution is 5.97. The lowest BCUT2D eigenvalue weighted by atomic mass is 10.00. The number of hydrogen-bond donors (Lipinski definition) is 8. The summed E-state index contributed by atoms with van der Waals surface area (Å²) < 4.78 is 0. The lowest BCUT2D eigenvalue weighted by Crippen LogP contribution is -2.61. The molecule has 2 fully saturated rings. The number of rotatable bonds is 7. The molecule has 1 aromatic rings. The molecule has 0 unspecified atom stereocenters. The van der Waals surface area contributed by atoms with Gasteiger partial charge in [0.05, 0.1) is 18.6 Å². The van der Waals surface area contributed by atoms with Crippen LogP contribution in [0.4, 0.5) is 0 Å². The molecule has 0 aromatic heterocycles. The fourth-order valence-electron chi connectivity index (χ4n) is 5.46. The van der Waals surface area contributed by atoms with E-state index in [0.29, 0.717) is 24.9 Å². The topological polar surface area (TPSA) is 226 Å². The SMILES string of the molecule is CC(C)C[C@@H]1NC(=O)[C@H](Cc2ccc(O)cc2)NC(=O)[C@@H]2CCCN2CCNC(=O)[C@H]([C@@H](C)O)NC(=O)[C@H](CC(=O)O)NC1=O. The van der Waals surface area contributed by atoms with Gasteiger partial charge in [0.15, 0.2) is 0 Å². The van der Waals surface area contributed by atoms with Crippen LogP contribution in [0.1, 0.15) is 52.0 Å². The zero-order chi connectivity index (χ0) is 33.3. The second kappa shape index (κ2) is 16.2. The number of phenols is 1. The maximum absolute atomic E-state index is 13.7. The number of carbonyl (C=O) groups excluding carboxylic acids is 5. The minimum Gasteiger partial charge on any atom is -0.508 e. The predicted octanol–water partition coefficient (Wildman–Crippen LogP) is -1.63. The number of hydrogen-bond acceptors (Lipinski definition) is 9. The second-order valence-electron chi connectivity index (χ2n) is 12.0. The Hall–Kier alpha value is -4.24. The summed E-state index contributed by atoms with van der Waals surface area (Å²) in [4.78, 5) is 80.3. The number of aliphatic hydroxyl groups excluding tert-OH is 1. The van der Waals surface area contributed by atoms with E-state index in [0.717, 1.165) is 0 Å². The van der Waals surface area contributed by atoms with Crippen molar-refractivity contribution < 1.29 is 44.1 Å². The van der Waals surface area contributed by atoms with E-state index in [2.05, 4.69) is 26.6 Å². The Morgan fingerprint density at radius 2 is 1.44 bits per heavy atom. The van der Waals surface area contributed by atoms with Crippen LogP contribution < -0.4 is 26.6 Å². The van der Waals surface area contributed by atoms with Gasteiger partial charge in [-0.25, -0.2) is 0 Å². The highest BCUT2D eigenvalue weighted by Crippen LogP contribution is 2.18. The summed E-state index contributed by atoms with van der Waals surface area (Å²) in [6.07, 6.45) is -0.804. The standard InChI is InChI=1S/C30H44N6O9/c1-16(2)13-20-26(41)33-22(15-24(39)40)28(43)35-25(17(3)37)30(45)31-10-12-36-11-4-5-23(36)29(44)34-21(27(42)32-20)14-18-6-8-19(38)9-7-18/h6-9,16-17,20-23,25,37-38H,4-5,10-15H2,1-3H3,(H,31,45)(H,32,42)(H,33,41)(H,34,44)(H,35,43)(H,39,40)/t17-,20+,21+,22+,23+,25+/m1/s1. The molecule has 45 heavy (non-hydrogen) atoms. The van der Waals surface area contributed by atoms with Crippen LogP contribution in [0.15, 0.2) is 24.3 Å². The summed E-state index contributed by atoms with van der Waals surface area (Å²) in [5.41, 5.74) is 0.636. The highest BCUT2D eigenvalue weighted by atomic mass is 16.4. The number of carboxylic acids is 1. The molecule has 1 aromatic carbocycles. The van der Waals surface area contributed by atoms with Gasteiger partial charge in [-0.3, -0.25) is 33.7 Å². The van der Waals surface area contributed by atoms with Gasteiger partial charge in [0.25, 0.3) is 0 Å². The Morgan fingerprint density at radius 1 is 0.844 bits per heavy atom. The summed E-state index contributed by atoms with van der Waals surface area (Å²) in [5.74, 6) is -5.13. The zero-order valence-electron chi connectivity index (χ0n) is 25.7. The molecule has 0 aliphatic carbocycles. The number of phenolic OH excluding ortho intramolecular Hbond substituents is 1. The smallest absolute Gasteiger partial charge is 0.305 e. The second-order valence-corrected chi connectivity index (χ2v) is 12.0. The monoisotopic (exact) mass is 632 g/mol. The van der Waals surface area contributed by atoms with E-state index in [9.17, 15) is 44.1 Å². The molecule has 5 amide bonds. The Bertz CT molecular complexity index is 1240.